The van der Waals surface area contributed by atoms with E-state index in [1.54, 1.807) is 12.3 Å². The zero-order valence-corrected chi connectivity index (χ0v) is 18.6. The molecule has 0 atom stereocenters. The minimum Gasteiger partial charge on any atom is -0.383 e. The van der Waals surface area contributed by atoms with Crippen molar-refractivity contribution in [3.05, 3.63) is 48.1 Å². The Labute approximate surface area is 200 Å². The van der Waals surface area contributed by atoms with Crippen LogP contribution in [0.25, 0.3) is 22.2 Å². The maximum Gasteiger partial charge on any atom is 0.401 e. The SMILES string of the molecule is Nc1nccc2c1c(-c1ccc(NC(=O)Nc3cc(C4(C(F)(F)F)CC4)on3)c(F)c1)nn2C1CC1. The summed E-state index contributed by atoms with van der Waals surface area (Å²) in [5, 5.41) is 13.3. The smallest absolute Gasteiger partial charge is 0.383 e. The molecule has 13 heteroatoms. The quantitative estimate of drug-likeness (QED) is 0.316. The van der Waals surface area contributed by atoms with Gasteiger partial charge in [-0.15, -0.1) is 0 Å². The largest absolute Gasteiger partial charge is 0.401 e. The molecular weight excluding hydrogens is 482 g/mol. The first kappa shape index (κ1) is 22.3. The van der Waals surface area contributed by atoms with Gasteiger partial charge < -0.3 is 15.6 Å². The van der Waals surface area contributed by atoms with Crippen molar-refractivity contribution < 1.29 is 26.9 Å². The highest BCUT2D eigenvalue weighted by Gasteiger charge is 2.66. The number of fused-ring (bicyclic) bond motifs is 1. The van der Waals surface area contributed by atoms with Crippen molar-refractivity contribution in [2.24, 2.45) is 0 Å². The molecule has 36 heavy (non-hydrogen) atoms. The molecule has 0 saturated heterocycles. The van der Waals surface area contributed by atoms with E-state index in [1.165, 1.54) is 12.1 Å². The summed E-state index contributed by atoms with van der Waals surface area (Å²) in [4.78, 5) is 16.5. The minimum atomic E-state index is -4.47. The molecule has 2 aliphatic rings. The van der Waals surface area contributed by atoms with Crippen LogP contribution in [-0.4, -0.2) is 32.1 Å². The monoisotopic (exact) mass is 501 g/mol. The number of rotatable bonds is 5. The number of urea groups is 1. The summed E-state index contributed by atoms with van der Waals surface area (Å²) in [7, 11) is 0. The summed E-state index contributed by atoms with van der Waals surface area (Å²) < 4.78 is 61.4. The van der Waals surface area contributed by atoms with Gasteiger partial charge in [0.15, 0.2) is 11.6 Å². The maximum atomic E-state index is 14.9. The van der Waals surface area contributed by atoms with Crippen LogP contribution in [0.4, 0.5) is 39.7 Å². The maximum absolute atomic E-state index is 14.9. The second-order valence-electron chi connectivity index (χ2n) is 9.04. The first-order chi connectivity index (χ1) is 17.2. The molecule has 2 saturated carbocycles. The van der Waals surface area contributed by atoms with Gasteiger partial charge in [0.05, 0.1) is 22.6 Å². The molecule has 3 heterocycles. The molecule has 1 aromatic carbocycles. The lowest BCUT2D eigenvalue weighted by Crippen LogP contribution is -2.28. The number of alkyl halides is 3. The van der Waals surface area contributed by atoms with E-state index >= 15 is 0 Å². The Morgan fingerprint density at radius 1 is 1.17 bits per heavy atom. The van der Waals surface area contributed by atoms with Crippen LogP contribution in [0.2, 0.25) is 0 Å². The fourth-order valence-corrected chi connectivity index (χ4v) is 4.30. The van der Waals surface area contributed by atoms with Crippen molar-refractivity contribution in [2.45, 2.75) is 43.3 Å². The highest BCUT2D eigenvalue weighted by Crippen LogP contribution is 2.59. The number of amides is 2. The third-order valence-electron chi connectivity index (χ3n) is 6.55. The van der Waals surface area contributed by atoms with Crippen LogP contribution < -0.4 is 16.4 Å². The Hall–Kier alpha value is -4.16. The zero-order valence-electron chi connectivity index (χ0n) is 18.6. The molecule has 0 spiro atoms. The summed E-state index contributed by atoms with van der Waals surface area (Å²) in [6, 6.07) is 6.37. The molecule has 0 bridgehead atoms. The van der Waals surface area contributed by atoms with E-state index in [0.29, 0.717) is 16.6 Å². The molecule has 4 N–H and O–H groups in total. The fourth-order valence-electron chi connectivity index (χ4n) is 4.30. The van der Waals surface area contributed by atoms with Crippen LogP contribution in [0.15, 0.2) is 41.1 Å². The van der Waals surface area contributed by atoms with Gasteiger partial charge in [-0.1, -0.05) is 11.2 Å². The summed E-state index contributed by atoms with van der Waals surface area (Å²) in [5.41, 5.74) is 5.62. The third kappa shape index (κ3) is 3.62. The van der Waals surface area contributed by atoms with Gasteiger partial charge in [0, 0.05) is 17.8 Å². The first-order valence-electron chi connectivity index (χ1n) is 11.2. The number of aromatic nitrogens is 4. The number of anilines is 3. The topological polar surface area (TPSA) is 124 Å². The number of nitrogens with two attached hydrogens (primary N) is 1. The highest BCUT2D eigenvalue weighted by molar-refractivity contribution is 6.01. The summed E-state index contributed by atoms with van der Waals surface area (Å²) >= 11 is 0. The van der Waals surface area contributed by atoms with Crippen LogP contribution in [0, 0.1) is 5.82 Å². The van der Waals surface area contributed by atoms with Crippen molar-refractivity contribution in [1.82, 2.24) is 19.9 Å². The number of nitrogens with one attached hydrogen (secondary N) is 2. The number of hydrogen-bond donors (Lipinski definition) is 3. The van der Waals surface area contributed by atoms with Crippen LogP contribution in [-0.2, 0) is 5.41 Å². The third-order valence-corrected chi connectivity index (χ3v) is 6.55. The van der Waals surface area contributed by atoms with Crippen molar-refractivity contribution >= 4 is 34.3 Å². The molecule has 0 aliphatic heterocycles. The van der Waals surface area contributed by atoms with E-state index < -0.39 is 23.4 Å². The molecule has 2 aliphatic carbocycles. The summed E-state index contributed by atoms with van der Waals surface area (Å²) in [6.07, 6.45) is -1.10. The van der Waals surface area contributed by atoms with E-state index in [0.717, 1.165) is 24.4 Å². The van der Waals surface area contributed by atoms with Crippen molar-refractivity contribution in [1.29, 1.82) is 0 Å². The van der Waals surface area contributed by atoms with E-state index in [9.17, 15) is 22.4 Å². The van der Waals surface area contributed by atoms with Crippen LogP contribution in [0.5, 0.6) is 0 Å². The Morgan fingerprint density at radius 3 is 2.61 bits per heavy atom. The lowest BCUT2D eigenvalue weighted by Gasteiger charge is -2.14. The van der Waals surface area contributed by atoms with Gasteiger partial charge in [-0.05, 0) is 43.9 Å². The number of halogens is 4. The van der Waals surface area contributed by atoms with Gasteiger partial charge in [0.1, 0.15) is 22.7 Å². The predicted molar refractivity (Wildman–Crippen MR) is 122 cm³/mol. The number of nitrogen functional groups attached to an aromatic ring is 1. The molecule has 2 amide bonds. The van der Waals surface area contributed by atoms with Gasteiger partial charge in [-0.25, -0.2) is 14.2 Å². The standard InChI is InChI=1S/C23H19F4N7O2/c24-13-9-11(19-18-15(5-8-29-20(18)28)34(32-19)12-2-3-12)1-4-14(13)30-21(35)31-17-10-16(36-33-17)22(6-7-22)23(25,26)27/h1,4-5,8-10,12H,2-3,6-7H2,(H2,28,29)(H2,30,31,33,35). The minimum absolute atomic E-state index is 0.106. The molecule has 2 fully saturated rings. The number of pyridine rings is 1. The van der Waals surface area contributed by atoms with E-state index in [1.807, 2.05) is 10.7 Å². The van der Waals surface area contributed by atoms with Crippen LogP contribution in [0.3, 0.4) is 0 Å². The van der Waals surface area contributed by atoms with Gasteiger partial charge >= 0.3 is 12.2 Å². The van der Waals surface area contributed by atoms with Gasteiger partial charge in [-0.2, -0.15) is 18.3 Å². The predicted octanol–water partition coefficient (Wildman–Crippen LogP) is 5.38. The zero-order chi connectivity index (χ0) is 25.2. The van der Waals surface area contributed by atoms with Crippen molar-refractivity contribution in [3.8, 4) is 11.3 Å². The summed E-state index contributed by atoms with van der Waals surface area (Å²) in [5.74, 6) is -1.04. The molecule has 4 aromatic rings. The Kier molecular flexibility index (Phi) is 4.75. The van der Waals surface area contributed by atoms with E-state index in [2.05, 4.69) is 25.9 Å². The number of carbonyl (C=O) groups is 1. The lowest BCUT2D eigenvalue weighted by atomic mass is 10.0. The second kappa shape index (κ2) is 7.67. The van der Waals surface area contributed by atoms with Crippen molar-refractivity contribution in [2.75, 3.05) is 16.4 Å². The normalized spacial score (nSPS) is 16.8. The highest BCUT2D eigenvalue weighted by atomic mass is 19.4. The molecular formula is C23H19F4N7O2. The number of benzene rings is 1. The number of carbonyl (C=O) groups excluding carboxylic acids is 1. The average Bonchev–Trinajstić information content (AvgIpc) is 3.74. The van der Waals surface area contributed by atoms with Gasteiger partial charge in [0.25, 0.3) is 0 Å². The number of nitrogens with zero attached hydrogens (tertiary/aromatic N) is 4. The van der Waals surface area contributed by atoms with E-state index in [4.69, 9.17) is 10.3 Å². The molecule has 3 aromatic heterocycles. The summed E-state index contributed by atoms with van der Waals surface area (Å²) in [6.45, 7) is 0. The Bertz CT molecular complexity index is 1500. The van der Waals surface area contributed by atoms with Crippen LogP contribution >= 0.6 is 0 Å². The number of hydrogen-bond acceptors (Lipinski definition) is 6. The van der Waals surface area contributed by atoms with Crippen molar-refractivity contribution in [3.63, 3.8) is 0 Å². The fraction of sp³-hybridized carbons (Fsp3) is 0.304. The second-order valence-corrected chi connectivity index (χ2v) is 9.04. The first-order valence-corrected chi connectivity index (χ1v) is 11.2. The van der Waals surface area contributed by atoms with Gasteiger partial charge in [0.2, 0.25) is 0 Å². The van der Waals surface area contributed by atoms with Crippen LogP contribution in [0.1, 0.15) is 37.5 Å². The van der Waals surface area contributed by atoms with Gasteiger partial charge in [-0.3, -0.25) is 10.00 Å². The average molecular weight is 501 g/mol. The Balaban J connectivity index is 1.21. The Morgan fingerprint density at radius 2 is 1.94 bits per heavy atom. The molecule has 9 nitrogen and oxygen atoms in total. The molecule has 6 rings (SSSR count). The molecule has 0 radical (unpaired) electrons. The molecule has 186 valence electrons. The molecule has 0 unspecified atom stereocenters. The van der Waals surface area contributed by atoms with E-state index in [-0.39, 0.29) is 42.0 Å². The lowest BCUT2D eigenvalue weighted by molar-refractivity contribution is -0.165.